The van der Waals surface area contributed by atoms with Crippen molar-refractivity contribution in [2.24, 2.45) is 0 Å². The number of nitrogens with one attached hydrogen (secondary N) is 1. The van der Waals surface area contributed by atoms with E-state index >= 15 is 0 Å². The number of rotatable bonds is 10. The van der Waals surface area contributed by atoms with Crippen molar-refractivity contribution in [3.05, 3.63) is 70.3 Å². The Kier molecular flexibility index (Phi) is 8.67. The van der Waals surface area contributed by atoms with Crippen LogP contribution in [0.5, 0.6) is 0 Å². The Bertz CT molecular complexity index is 827. The lowest BCUT2D eigenvalue weighted by Crippen LogP contribution is -2.38. The molecule has 7 nitrogen and oxygen atoms in total. The van der Waals surface area contributed by atoms with Crippen molar-refractivity contribution in [2.75, 3.05) is 12.3 Å². The molecule has 8 heteroatoms. The van der Waals surface area contributed by atoms with Gasteiger partial charge in [-0.1, -0.05) is 37.3 Å². The molecule has 0 aliphatic rings. The number of nitrogens with zero attached hydrogens (tertiary/aromatic N) is 1. The van der Waals surface area contributed by atoms with Crippen LogP contribution in [0.25, 0.3) is 0 Å². The number of amides is 1. The highest BCUT2D eigenvalue weighted by atomic mass is 32.2. The van der Waals surface area contributed by atoms with Crippen LogP contribution in [0, 0.1) is 10.1 Å². The second kappa shape index (κ2) is 11.2. The van der Waals surface area contributed by atoms with E-state index in [1.54, 1.807) is 12.1 Å². The number of nitro groups is 1. The number of ether oxygens (including phenoxy) is 1. The van der Waals surface area contributed by atoms with Crippen LogP contribution in [-0.4, -0.2) is 35.2 Å². The van der Waals surface area contributed by atoms with Crippen LogP contribution in [0.3, 0.4) is 0 Å². The smallest absolute Gasteiger partial charge is 0.317 e. The average Bonchev–Trinajstić information content (AvgIpc) is 2.73. The first kappa shape index (κ1) is 22.4. The van der Waals surface area contributed by atoms with E-state index in [0.29, 0.717) is 11.4 Å². The molecule has 2 aromatic carbocycles. The SMILES string of the molecule is CC[C@@H](CNC(=O)[C@@H](C)OC(=O)CSc1ccc([N+](=O)[O-])cc1)c1ccccc1. The molecule has 0 saturated heterocycles. The third-order valence-electron chi connectivity index (χ3n) is 4.37. The summed E-state index contributed by atoms with van der Waals surface area (Å²) in [6.45, 7) is 4.06. The zero-order valence-corrected chi connectivity index (χ0v) is 17.2. The molecule has 0 heterocycles. The van der Waals surface area contributed by atoms with Crippen LogP contribution < -0.4 is 5.32 Å². The molecule has 0 fully saturated rings. The van der Waals surface area contributed by atoms with Crippen molar-refractivity contribution in [3.63, 3.8) is 0 Å². The van der Waals surface area contributed by atoms with Gasteiger partial charge in [0, 0.05) is 29.5 Å². The first-order valence-corrected chi connectivity index (χ1v) is 10.3. The maximum atomic E-state index is 12.2. The summed E-state index contributed by atoms with van der Waals surface area (Å²) in [5.41, 5.74) is 1.14. The lowest BCUT2D eigenvalue weighted by atomic mass is 9.96. The van der Waals surface area contributed by atoms with Gasteiger partial charge in [-0.15, -0.1) is 11.8 Å². The van der Waals surface area contributed by atoms with Crippen molar-refractivity contribution in [1.82, 2.24) is 5.32 Å². The highest BCUT2D eigenvalue weighted by molar-refractivity contribution is 8.00. The maximum absolute atomic E-state index is 12.2. The third kappa shape index (κ3) is 7.23. The highest BCUT2D eigenvalue weighted by Crippen LogP contribution is 2.21. The largest absolute Gasteiger partial charge is 0.452 e. The van der Waals surface area contributed by atoms with Crippen molar-refractivity contribution in [3.8, 4) is 0 Å². The number of hydrogen-bond acceptors (Lipinski definition) is 6. The Morgan fingerprint density at radius 2 is 1.79 bits per heavy atom. The Labute approximate surface area is 174 Å². The number of benzene rings is 2. The predicted molar refractivity (Wildman–Crippen MR) is 112 cm³/mol. The number of hydrogen-bond donors (Lipinski definition) is 1. The molecule has 2 atom stereocenters. The minimum absolute atomic E-state index is 0.0109. The van der Waals surface area contributed by atoms with Crippen LogP contribution in [0.2, 0.25) is 0 Å². The van der Waals surface area contributed by atoms with Crippen molar-refractivity contribution < 1.29 is 19.2 Å². The molecule has 0 aliphatic carbocycles. The van der Waals surface area contributed by atoms with Crippen molar-refractivity contribution >= 4 is 29.3 Å². The van der Waals surface area contributed by atoms with E-state index in [9.17, 15) is 19.7 Å². The van der Waals surface area contributed by atoms with E-state index in [4.69, 9.17) is 4.74 Å². The summed E-state index contributed by atoms with van der Waals surface area (Å²) < 4.78 is 5.19. The minimum Gasteiger partial charge on any atom is -0.452 e. The predicted octanol–water partition coefficient (Wildman–Crippen LogP) is 3.93. The zero-order chi connectivity index (χ0) is 21.2. The molecule has 0 aliphatic heterocycles. The Morgan fingerprint density at radius 1 is 1.14 bits per heavy atom. The molecular weight excluding hydrogens is 392 g/mol. The second-order valence-electron chi connectivity index (χ2n) is 6.43. The standard InChI is InChI=1S/C21H24N2O5S/c1-3-16(17-7-5-4-6-8-17)13-22-21(25)15(2)28-20(24)14-29-19-11-9-18(10-12-19)23(26)27/h4-12,15-16H,3,13-14H2,1-2H3,(H,22,25)/t15-,16+/m1/s1. The van der Waals surface area contributed by atoms with Gasteiger partial charge in [0.15, 0.2) is 6.10 Å². The Balaban J connectivity index is 1.76. The molecule has 154 valence electrons. The molecule has 0 saturated carbocycles. The first-order valence-electron chi connectivity index (χ1n) is 9.30. The number of non-ortho nitro benzene ring substituents is 1. The van der Waals surface area contributed by atoms with Crippen LogP contribution in [0.15, 0.2) is 59.5 Å². The fourth-order valence-corrected chi connectivity index (χ4v) is 3.36. The van der Waals surface area contributed by atoms with Gasteiger partial charge in [-0.3, -0.25) is 19.7 Å². The van der Waals surface area contributed by atoms with Gasteiger partial charge in [0.1, 0.15) is 0 Å². The summed E-state index contributed by atoms with van der Waals surface area (Å²) in [5, 5.41) is 13.5. The summed E-state index contributed by atoms with van der Waals surface area (Å²) in [5.74, 6) is -0.656. The van der Waals surface area contributed by atoms with E-state index < -0.39 is 17.0 Å². The van der Waals surface area contributed by atoms with E-state index in [1.807, 2.05) is 30.3 Å². The fourth-order valence-electron chi connectivity index (χ4n) is 2.68. The summed E-state index contributed by atoms with van der Waals surface area (Å²) in [4.78, 5) is 35.1. The van der Waals surface area contributed by atoms with Crippen LogP contribution >= 0.6 is 11.8 Å². The summed E-state index contributed by atoms with van der Waals surface area (Å²) in [6.07, 6.45) is -0.0158. The van der Waals surface area contributed by atoms with Crippen LogP contribution in [0.1, 0.15) is 31.7 Å². The average molecular weight is 416 g/mol. The third-order valence-corrected chi connectivity index (χ3v) is 5.35. The summed E-state index contributed by atoms with van der Waals surface area (Å²) >= 11 is 1.19. The van der Waals surface area contributed by atoms with Gasteiger partial charge in [-0.25, -0.2) is 0 Å². The van der Waals surface area contributed by atoms with E-state index in [2.05, 4.69) is 12.2 Å². The number of nitro benzene ring substituents is 1. The number of carbonyl (C=O) groups excluding carboxylic acids is 2. The molecule has 2 rings (SSSR count). The van der Waals surface area contributed by atoms with Gasteiger partial charge in [0.2, 0.25) is 0 Å². The number of thioether (sulfide) groups is 1. The molecule has 0 radical (unpaired) electrons. The topological polar surface area (TPSA) is 98.5 Å². The monoisotopic (exact) mass is 416 g/mol. The lowest BCUT2D eigenvalue weighted by molar-refractivity contribution is -0.384. The zero-order valence-electron chi connectivity index (χ0n) is 16.4. The van der Waals surface area contributed by atoms with Crippen LogP contribution in [-0.2, 0) is 14.3 Å². The quantitative estimate of drug-likeness (QED) is 0.273. The van der Waals surface area contributed by atoms with Gasteiger partial charge in [-0.05, 0) is 31.0 Å². The van der Waals surface area contributed by atoms with Crippen LogP contribution in [0.4, 0.5) is 5.69 Å². The molecule has 1 N–H and O–H groups in total. The van der Waals surface area contributed by atoms with E-state index in [1.165, 1.54) is 30.8 Å². The molecule has 0 aromatic heterocycles. The molecule has 0 spiro atoms. The summed E-state index contributed by atoms with van der Waals surface area (Å²) in [6, 6.07) is 15.8. The maximum Gasteiger partial charge on any atom is 0.317 e. The fraction of sp³-hybridized carbons (Fsp3) is 0.333. The molecule has 0 unspecified atom stereocenters. The molecular formula is C21H24N2O5S. The molecule has 0 bridgehead atoms. The van der Waals surface area contributed by atoms with Gasteiger partial charge < -0.3 is 10.1 Å². The Hall–Kier alpha value is -2.87. The van der Waals surface area contributed by atoms with Crippen molar-refractivity contribution in [1.29, 1.82) is 0 Å². The van der Waals surface area contributed by atoms with Gasteiger partial charge >= 0.3 is 5.97 Å². The molecule has 2 aromatic rings. The van der Waals surface area contributed by atoms with Gasteiger partial charge in [-0.2, -0.15) is 0 Å². The summed E-state index contributed by atoms with van der Waals surface area (Å²) in [7, 11) is 0. The Morgan fingerprint density at radius 3 is 2.38 bits per heavy atom. The first-order chi connectivity index (χ1) is 13.9. The second-order valence-corrected chi connectivity index (χ2v) is 7.48. The highest BCUT2D eigenvalue weighted by Gasteiger charge is 2.19. The van der Waals surface area contributed by atoms with E-state index in [0.717, 1.165) is 12.0 Å². The van der Waals surface area contributed by atoms with E-state index in [-0.39, 0.29) is 23.3 Å². The number of esters is 1. The lowest BCUT2D eigenvalue weighted by Gasteiger charge is -2.18. The van der Waals surface area contributed by atoms with Crippen molar-refractivity contribution in [2.45, 2.75) is 37.2 Å². The molecule has 1 amide bonds. The minimum atomic E-state index is -0.895. The normalized spacial score (nSPS) is 12.6. The number of carbonyl (C=O) groups is 2. The van der Waals surface area contributed by atoms with Gasteiger partial charge in [0.25, 0.3) is 11.6 Å². The van der Waals surface area contributed by atoms with Gasteiger partial charge in [0.05, 0.1) is 10.7 Å². The molecule has 29 heavy (non-hydrogen) atoms.